The molecular formula is C21H24N4O2. The monoisotopic (exact) mass is 364 g/mol. The lowest BCUT2D eigenvalue weighted by atomic mass is 10.00. The number of fused-ring (bicyclic) bond motifs is 1. The SMILES string of the molecule is COc1cc2ccccc2c(-c2ccnc(N3CCN(C)CC3)n2)c1OC. The van der Waals surface area contributed by atoms with Gasteiger partial charge in [0, 0.05) is 32.4 Å². The third-order valence-electron chi connectivity index (χ3n) is 5.08. The van der Waals surface area contributed by atoms with E-state index in [-0.39, 0.29) is 0 Å². The number of hydrogen-bond donors (Lipinski definition) is 0. The third-order valence-corrected chi connectivity index (χ3v) is 5.08. The fourth-order valence-corrected chi connectivity index (χ4v) is 3.56. The Morgan fingerprint density at radius 2 is 1.74 bits per heavy atom. The summed E-state index contributed by atoms with van der Waals surface area (Å²) in [5.74, 6) is 2.15. The summed E-state index contributed by atoms with van der Waals surface area (Å²) >= 11 is 0. The molecule has 4 rings (SSSR count). The second kappa shape index (κ2) is 7.40. The van der Waals surface area contributed by atoms with Crippen LogP contribution >= 0.6 is 0 Å². The van der Waals surface area contributed by atoms with E-state index in [9.17, 15) is 0 Å². The topological polar surface area (TPSA) is 50.7 Å². The molecule has 0 spiro atoms. The van der Waals surface area contributed by atoms with E-state index in [1.165, 1.54) is 0 Å². The Hall–Kier alpha value is -2.86. The average molecular weight is 364 g/mol. The van der Waals surface area contributed by atoms with Crippen LogP contribution in [0, 0.1) is 0 Å². The molecular weight excluding hydrogens is 340 g/mol. The zero-order chi connectivity index (χ0) is 18.8. The molecule has 0 atom stereocenters. The van der Waals surface area contributed by atoms with Crippen LogP contribution in [0.15, 0.2) is 42.6 Å². The van der Waals surface area contributed by atoms with Gasteiger partial charge in [-0.2, -0.15) is 0 Å². The highest BCUT2D eigenvalue weighted by Gasteiger charge is 2.20. The van der Waals surface area contributed by atoms with Crippen LogP contribution in [-0.4, -0.2) is 62.3 Å². The summed E-state index contributed by atoms with van der Waals surface area (Å²) in [5.41, 5.74) is 1.77. The highest BCUT2D eigenvalue weighted by Crippen LogP contribution is 2.43. The van der Waals surface area contributed by atoms with Crippen molar-refractivity contribution >= 4 is 16.7 Å². The molecule has 140 valence electrons. The minimum absolute atomic E-state index is 0.694. The van der Waals surface area contributed by atoms with E-state index in [1.54, 1.807) is 14.2 Å². The van der Waals surface area contributed by atoms with Crippen molar-refractivity contribution in [2.75, 3.05) is 52.3 Å². The standard InChI is InChI=1S/C21H24N4O2/c1-24-10-12-25(13-11-24)21-22-9-8-17(23-21)19-16-7-5-4-6-15(16)14-18(26-2)20(19)27-3/h4-9,14H,10-13H2,1-3H3. The molecule has 0 unspecified atom stereocenters. The molecule has 0 aliphatic carbocycles. The summed E-state index contributed by atoms with van der Waals surface area (Å²) in [7, 11) is 5.46. The molecule has 1 aliphatic heterocycles. The van der Waals surface area contributed by atoms with E-state index < -0.39 is 0 Å². The quantitative estimate of drug-likeness (QED) is 0.709. The highest BCUT2D eigenvalue weighted by atomic mass is 16.5. The number of nitrogens with zero attached hydrogens (tertiary/aromatic N) is 4. The van der Waals surface area contributed by atoms with Crippen molar-refractivity contribution in [3.05, 3.63) is 42.6 Å². The average Bonchev–Trinajstić information content (AvgIpc) is 2.72. The Labute approximate surface area is 159 Å². The molecule has 1 aliphatic rings. The normalized spacial score (nSPS) is 15.1. The lowest BCUT2D eigenvalue weighted by Crippen LogP contribution is -2.45. The molecule has 0 radical (unpaired) electrons. The van der Waals surface area contributed by atoms with Crippen molar-refractivity contribution in [3.63, 3.8) is 0 Å². The van der Waals surface area contributed by atoms with E-state index in [0.29, 0.717) is 11.5 Å². The number of aromatic nitrogens is 2. The number of rotatable bonds is 4. The summed E-state index contributed by atoms with van der Waals surface area (Å²) < 4.78 is 11.3. The number of methoxy groups -OCH3 is 2. The van der Waals surface area contributed by atoms with E-state index in [0.717, 1.165) is 54.2 Å². The first-order chi connectivity index (χ1) is 13.2. The third kappa shape index (κ3) is 3.28. The number of likely N-dealkylation sites (N-methyl/N-ethyl adjacent to an activating group) is 1. The summed E-state index contributed by atoms with van der Waals surface area (Å²) in [5, 5.41) is 2.17. The van der Waals surface area contributed by atoms with E-state index in [1.807, 2.05) is 30.5 Å². The summed E-state index contributed by atoms with van der Waals surface area (Å²) in [6.45, 7) is 3.88. The molecule has 0 saturated carbocycles. The predicted octanol–water partition coefficient (Wildman–Crippen LogP) is 3.07. The van der Waals surface area contributed by atoms with Crippen molar-refractivity contribution in [1.82, 2.24) is 14.9 Å². The van der Waals surface area contributed by atoms with Gasteiger partial charge in [0.05, 0.1) is 25.5 Å². The second-order valence-corrected chi connectivity index (χ2v) is 6.74. The Kier molecular flexibility index (Phi) is 4.81. The number of benzene rings is 2. The fraction of sp³-hybridized carbons (Fsp3) is 0.333. The van der Waals surface area contributed by atoms with Gasteiger partial charge in [0.25, 0.3) is 0 Å². The van der Waals surface area contributed by atoms with E-state index in [4.69, 9.17) is 14.5 Å². The number of hydrogen-bond acceptors (Lipinski definition) is 6. The molecule has 6 nitrogen and oxygen atoms in total. The molecule has 3 aromatic rings. The Bertz CT molecular complexity index is 952. The number of piperazine rings is 1. The first-order valence-electron chi connectivity index (χ1n) is 9.12. The lowest BCUT2D eigenvalue weighted by molar-refractivity contribution is 0.311. The molecule has 1 saturated heterocycles. The van der Waals surface area contributed by atoms with Crippen LogP contribution < -0.4 is 14.4 Å². The Balaban J connectivity index is 1.86. The van der Waals surface area contributed by atoms with Crippen LogP contribution in [0.5, 0.6) is 11.5 Å². The van der Waals surface area contributed by atoms with Gasteiger partial charge < -0.3 is 19.3 Å². The molecule has 0 N–H and O–H groups in total. The zero-order valence-corrected chi connectivity index (χ0v) is 16.0. The van der Waals surface area contributed by atoms with Gasteiger partial charge in [-0.3, -0.25) is 0 Å². The van der Waals surface area contributed by atoms with Gasteiger partial charge in [-0.1, -0.05) is 24.3 Å². The van der Waals surface area contributed by atoms with Crippen molar-refractivity contribution in [2.45, 2.75) is 0 Å². The smallest absolute Gasteiger partial charge is 0.225 e. The van der Waals surface area contributed by atoms with Crippen LogP contribution in [0.2, 0.25) is 0 Å². The lowest BCUT2D eigenvalue weighted by Gasteiger charge is -2.32. The molecule has 27 heavy (non-hydrogen) atoms. The maximum atomic E-state index is 5.72. The fourth-order valence-electron chi connectivity index (χ4n) is 3.56. The number of ether oxygens (including phenoxy) is 2. The molecule has 2 heterocycles. The van der Waals surface area contributed by atoms with Gasteiger partial charge in [0.1, 0.15) is 0 Å². The summed E-state index contributed by atoms with van der Waals surface area (Å²) in [6.07, 6.45) is 1.82. The first kappa shape index (κ1) is 17.5. The Morgan fingerprint density at radius 3 is 2.48 bits per heavy atom. The highest BCUT2D eigenvalue weighted by molar-refractivity contribution is 6.01. The van der Waals surface area contributed by atoms with Crippen LogP contribution in [0.4, 0.5) is 5.95 Å². The van der Waals surface area contributed by atoms with Crippen molar-refractivity contribution in [1.29, 1.82) is 0 Å². The zero-order valence-electron chi connectivity index (χ0n) is 16.0. The second-order valence-electron chi connectivity index (χ2n) is 6.74. The summed E-state index contributed by atoms with van der Waals surface area (Å²) in [6, 6.07) is 12.1. The molecule has 2 aromatic carbocycles. The van der Waals surface area contributed by atoms with Gasteiger partial charge >= 0.3 is 0 Å². The maximum absolute atomic E-state index is 5.72. The largest absolute Gasteiger partial charge is 0.493 e. The molecule has 0 bridgehead atoms. The molecule has 1 aromatic heterocycles. The van der Waals surface area contributed by atoms with Crippen molar-refractivity contribution in [3.8, 4) is 22.8 Å². The molecule has 0 amide bonds. The van der Waals surface area contributed by atoms with Crippen LogP contribution in [0.1, 0.15) is 0 Å². The van der Waals surface area contributed by atoms with Gasteiger partial charge in [-0.25, -0.2) is 9.97 Å². The minimum atomic E-state index is 0.694. The minimum Gasteiger partial charge on any atom is -0.493 e. The van der Waals surface area contributed by atoms with Crippen molar-refractivity contribution < 1.29 is 9.47 Å². The van der Waals surface area contributed by atoms with Crippen LogP contribution in [0.3, 0.4) is 0 Å². The van der Waals surface area contributed by atoms with E-state index >= 15 is 0 Å². The number of anilines is 1. The maximum Gasteiger partial charge on any atom is 0.225 e. The summed E-state index contributed by atoms with van der Waals surface area (Å²) in [4.78, 5) is 14.0. The van der Waals surface area contributed by atoms with Gasteiger partial charge in [-0.15, -0.1) is 0 Å². The molecule has 6 heteroatoms. The van der Waals surface area contributed by atoms with Gasteiger partial charge in [-0.05, 0) is 30.0 Å². The first-order valence-corrected chi connectivity index (χ1v) is 9.12. The van der Waals surface area contributed by atoms with Gasteiger partial charge in [0.15, 0.2) is 11.5 Å². The Morgan fingerprint density at radius 1 is 0.963 bits per heavy atom. The molecule has 1 fully saturated rings. The van der Waals surface area contributed by atoms with E-state index in [2.05, 4.69) is 34.0 Å². The van der Waals surface area contributed by atoms with Gasteiger partial charge in [0.2, 0.25) is 5.95 Å². The van der Waals surface area contributed by atoms with Crippen LogP contribution in [0.25, 0.3) is 22.0 Å². The van der Waals surface area contributed by atoms with Crippen LogP contribution in [-0.2, 0) is 0 Å². The predicted molar refractivity (Wildman–Crippen MR) is 108 cm³/mol. The van der Waals surface area contributed by atoms with Crippen molar-refractivity contribution in [2.24, 2.45) is 0 Å².